The predicted octanol–water partition coefficient (Wildman–Crippen LogP) is 2.81. The highest BCUT2D eigenvalue weighted by molar-refractivity contribution is 8.21. The Morgan fingerprint density at radius 3 is 2.60 bits per heavy atom. The van der Waals surface area contributed by atoms with Crippen molar-refractivity contribution in [2.24, 2.45) is 0 Å². The van der Waals surface area contributed by atoms with E-state index < -0.39 is 9.52 Å². The molecule has 0 radical (unpaired) electrons. The monoisotopic (exact) mass is 257 g/mol. The number of thioether (sulfide) groups is 2. The minimum absolute atomic E-state index is 0.467. The third-order valence-electron chi connectivity index (χ3n) is 2.10. The van der Waals surface area contributed by atoms with E-state index in [0.717, 1.165) is 5.56 Å². The topological polar surface area (TPSA) is 44.0 Å². The Morgan fingerprint density at radius 1 is 1.47 bits per heavy atom. The molecular formula is C10H8ClNOS2. The molecule has 5 heteroatoms. The molecule has 2 nitrogen and oxygen atoms in total. The molecule has 0 amide bonds. The molecule has 0 aromatic heterocycles. The minimum atomic E-state index is -0.677. The van der Waals surface area contributed by atoms with E-state index >= 15 is 0 Å². The average molecular weight is 258 g/mol. The molecule has 1 aromatic carbocycles. The van der Waals surface area contributed by atoms with Crippen molar-refractivity contribution in [3.05, 3.63) is 34.9 Å². The van der Waals surface area contributed by atoms with Gasteiger partial charge in [0.2, 0.25) is 0 Å². The second-order valence-electron chi connectivity index (χ2n) is 3.12. The van der Waals surface area contributed by atoms with Crippen LogP contribution in [0, 0.1) is 11.3 Å². The van der Waals surface area contributed by atoms with Gasteiger partial charge in [0.1, 0.15) is 5.44 Å². The quantitative estimate of drug-likeness (QED) is 0.840. The van der Waals surface area contributed by atoms with Crippen molar-refractivity contribution in [3.8, 4) is 6.07 Å². The molecule has 1 fully saturated rings. The Labute approximate surface area is 102 Å². The van der Waals surface area contributed by atoms with Gasteiger partial charge in [0.15, 0.2) is 4.08 Å². The second kappa shape index (κ2) is 4.26. The van der Waals surface area contributed by atoms with Gasteiger partial charge in [-0.3, -0.25) is 0 Å². The van der Waals surface area contributed by atoms with E-state index in [-0.39, 0.29) is 0 Å². The summed E-state index contributed by atoms with van der Waals surface area (Å²) >= 11 is 8.54. The molecule has 0 aliphatic carbocycles. The molecule has 2 rings (SSSR count). The fraction of sp³-hybridized carbons (Fsp3) is 0.300. The first-order valence-electron chi connectivity index (χ1n) is 4.33. The van der Waals surface area contributed by atoms with Crippen LogP contribution in [-0.4, -0.2) is 16.3 Å². The molecule has 15 heavy (non-hydrogen) atoms. The molecule has 1 aliphatic rings. The SMILES string of the molecule is N#CC1(c2ccc(Cl)cc2)SCC(O)S1. The summed E-state index contributed by atoms with van der Waals surface area (Å²) in [5, 5.41) is 19.4. The highest BCUT2D eigenvalue weighted by Gasteiger charge is 2.42. The summed E-state index contributed by atoms with van der Waals surface area (Å²) in [6.07, 6.45) is 0. The second-order valence-corrected chi connectivity index (χ2v) is 6.44. The van der Waals surface area contributed by atoms with Crippen LogP contribution in [0.25, 0.3) is 0 Å². The van der Waals surface area contributed by atoms with Crippen molar-refractivity contribution in [3.63, 3.8) is 0 Å². The Bertz CT molecular complexity index is 403. The standard InChI is InChI=1S/C10H8ClNOS2/c11-8-3-1-7(2-4-8)10(6-12)14-5-9(13)15-10/h1-4,9,13H,5H2. The summed E-state index contributed by atoms with van der Waals surface area (Å²) in [5.74, 6) is 0.584. The lowest BCUT2D eigenvalue weighted by atomic mass is 10.1. The zero-order valence-corrected chi connectivity index (χ0v) is 10.1. The lowest BCUT2D eigenvalue weighted by molar-refractivity contribution is 0.290. The summed E-state index contributed by atoms with van der Waals surface area (Å²) in [5.41, 5.74) is 0.422. The summed E-state index contributed by atoms with van der Waals surface area (Å²) in [4.78, 5) is 0. The van der Waals surface area contributed by atoms with Gasteiger partial charge in [0, 0.05) is 10.8 Å². The molecule has 0 bridgehead atoms. The largest absolute Gasteiger partial charge is 0.381 e. The number of hydrogen-bond acceptors (Lipinski definition) is 4. The molecule has 2 atom stereocenters. The number of hydrogen-bond donors (Lipinski definition) is 1. The van der Waals surface area contributed by atoms with Gasteiger partial charge in [-0.15, -0.1) is 11.8 Å². The molecule has 0 saturated carbocycles. The van der Waals surface area contributed by atoms with E-state index in [2.05, 4.69) is 6.07 Å². The molecule has 0 spiro atoms. The van der Waals surface area contributed by atoms with Crippen LogP contribution < -0.4 is 0 Å². The zero-order valence-electron chi connectivity index (χ0n) is 7.68. The number of benzene rings is 1. The average Bonchev–Trinajstić information content (AvgIpc) is 2.62. The van der Waals surface area contributed by atoms with Crippen LogP contribution in [0.1, 0.15) is 5.56 Å². The highest BCUT2D eigenvalue weighted by atomic mass is 35.5. The maximum absolute atomic E-state index is 9.48. The number of aliphatic hydroxyl groups excluding tert-OH is 1. The van der Waals surface area contributed by atoms with Crippen LogP contribution in [-0.2, 0) is 4.08 Å². The van der Waals surface area contributed by atoms with Gasteiger partial charge >= 0.3 is 0 Å². The van der Waals surface area contributed by atoms with E-state index in [1.807, 2.05) is 12.1 Å². The van der Waals surface area contributed by atoms with Gasteiger partial charge < -0.3 is 5.11 Å². The Hall–Kier alpha value is -0.340. The zero-order chi connectivity index (χ0) is 10.9. The maximum Gasteiger partial charge on any atom is 0.176 e. The van der Waals surface area contributed by atoms with E-state index in [1.165, 1.54) is 23.5 Å². The fourth-order valence-corrected chi connectivity index (χ4v) is 4.26. The van der Waals surface area contributed by atoms with Gasteiger partial charge in [0.25, 0.3) is 0 Å². The van der Waals surface area contributed by atoms with Gasteiger partial charge in [0.05, 0.1) is 6.07 Å². The van der Waals surface area contributed by atoms with Crippen molar-refractivity contribution < 1.29 is 5.11 Å². The van der Waals surface area contributed by atoms with Crippen LogP contribution in [0.4, 0.5) is 0 Å². The van der Waals surface area contributed by atoms with Crippen molar-refractivity contribution in [2.45, 2.75) is 9.52 Å². The molecule has 78 valence electrons. The number of nitrogens with zero attached hydrogens (tertiary/aromatic N) is 1. The van der Waals surface area contributed by atoms with Crippen LogP contribution in [0.15, 0.2) is 24.3 Å². The van der Waals surface area contributed by atoms with E-state index in [4.69, 9.17) is 11.6 Å². The minimum Gasteiger partial charge on any atom is -0.381 e. The highest BCUT2D eigenvalue weighted by Crippen LogP contribution is 2.53. The third kappa shape index (κ3) is 2.11. The molecule has 1 saturated heterocycles. The number of halogens is 1. The van der Waals surface area contributed by atoms with Crippen LogP contribution in [0.2, 0.25) is 5.02 Å². The van der Waals surface area contributed by atoms with Crippen LogP contribution in [0.5, 0.6) is 0 Å². The number of rotatable bonds is 1. The Kier molecular flexibility index (Phi) is 3.17. The molecular weight excluding hydrogens is 250 g/mol. The van der Waals surface area contributed by atoms with Crippen molar-refractivity contribution in [2.75, 3.05) is 5.75 Å². The molecule has 2 unspecified atom stereocenters. The first-order valence-corrected chi connectivity index (χ1v) is 6.58. The smallest absolute Gasteiger partial charge is 0.176 e. The van der Waals surface area contributed by atoms with Crippen molar-refractivity contribution in [1.82, 2.24) is 0 Å². The molecule has 1 aliphatic heterocycles. The Balaban J connectivity index is 2.36. The van der Waals surface area contributed by atoms with Gasteiger partial charge in [-0.05, 0) is 17.7 Å². The summed E-state index contributed by atoms with van der Waals surface area (Å²) in [6, 6.07) is 9.47. The summed E-state index contributed by atoms with van der Waals surface area (Å²) in [7, 11) is 0. The first-order chi connectivity index (χ1) is 7.16. The lowest BCUT2D eigenvalue weighted by Gasteiger charge is -2.18. The normalized spacial score (nSPS) is 30.1. The predicted molar refractivity (Wildman–Crippen MR) is 64.8 cm³/mol. The van der Waals surface area contributed by atoms with Crippen LogP contribution in [0.3, 0.4) is 0 Å². The molecule has 1 N–H and O–H groups in total. The van der Waals surface area contributed by atoms with E-state index in [1.54, 1.807) is 12.1 Å². The van der Waals surface area contributed by atoms with Gasteiger partial charge in [-0.25, -0.2) is 0 Å². The Morgan fingerprint density at radius 2 is 2.13 bits per heavy atom. The van der Waals surface area contributed by atoms with Gasteiger partial charge in [-0.1, -0.05) is 35.5 Å². The van der Waals surface area contributed by atoms with Crippen LogP contribution >= 0.6 is 35.1 Å². The van der Waals surface area contributed by atoms with Crippen molar-refractivity contribution in [1.29, 1.82) is 5.26 Å². The molecule has 1 aromatic rings. The number of aliphatic hydroxyl groups is 1. The maximum atomic E-state index is 9.48. The van der Waals surface area contributed by atoms with Crippen molar-refractivity contribution >= 4 is 35.1 Å². The summed E-state index contributed by atoms with van der Waals surface area (Å²) in [6.45, 7) is 0. The van der Waals surface area contributed by atoms with Gasteiger partial charge in [-0.2, -0.15) is 5.26 Å². The third-order valence-corrected chi connectivity index (χ3v) is 5.52. The summed E-state index contributed by atoms with van der Waals surface area (Å²) < 4.78 is -0.677. The fourth-order valence-electron chi connectivity index (χ4n) is 1.39. The number of nitriles is 1. The van der Waals surface area contributed by atoms with E-state index in [0.29, 0.717) is 10.8 Å². The molecule has 1 heterocycles. The first kappa shape index (κ1) is 11.2. The van der Waals surface area contributed by atoms with E-state index in [9.17, 15) is 10.4 Å². The lowest BCUT2D eigenvalue weighted by Crippen LogP contribution is -2.11.